The molecule has 0 saturated heterocycles. The Balaban J connectivity index is 1.84. The third-order valence-corrected chi connectivity index (χ3v) is 3.43. The summed E-state index contributed by atoms with van der Waals surface area (Å²) in [5.41, 5.74) is 1.68. The zero-order valence-electron chi connectivity index (χ0n) is 12.3. The van der Waals surface area contributed by atoms with Gasteiger partial charge in [0.25, 0.3) is 5.91 Å². The van der Waals surface area contributed by atoms with Crippen LogP contribution in [0.15, 0.2) is 54.7 Å². The Bertz CT molecular complexity index is 857. The second-order valence-electron chi connectivity index (χ2n) is 5.00. The Morgan fingerprint density at radius 3 is 2.43 bits per heavy atom. The number of aromatic nitrogens is 2. The fourth-order valence-electron chi connectivity index (χ4n) is 2.25. The molecular formula is C17H13F2N3O. The fraction of sp³-hybridized carbons (Fsp3) is 0.0588. The quantitative estimate of drug-likeness (QED) is 0.803. The number of carbonyl (C=O) groups excluding carboxylic acids is 1. The van der Waals surface area contributed by atoms with Gasteiger partial charge in [-0.25, -0.2) is 8.78 Å². The predicted octanol–water partition coefficient (Wildman–Crippen LogP) is 3.62. The number of amides is 1. The van der Waals surface area contributed by atoms with Crippen LogP contribution in [0.25, 0.3) is 11.3 Å². The lowest BCUT2D eigenvalue weighted by molar-refractivity contribution is 0.102. The lowest BCUT2D eigenvalue weighted by atomic mass is 10.1. The Labute approximate surface area is 131 Å². The van der Waals surface area contributed by atoms with Gasteiger partial charge in [0, 0.05) is 24.5 Å². The van der Waals surface area contributed by atoms with Gasteiger partial charge in [0.1, 0.15) is 11.6 Å². The van der Waals surface area contributed by atoms with E-state index in [9.17, 15) is 13.6 Å². The summed E-state index contributed by atoms with van der Waals surface area (Å²) in [7, 11) is 1.75. The van der Waals surface area contributed by atoms with Gasteiger partial charge in [-0.1, -0.05) is 6.07 Å². The number of halogens is 2. The van der Waals surface area contributed by atoms with Crippen molar-refractivity contribution in [1.82, 2.24) is 9.78 Å². The molecule has 0 radical (unpaired) electrons. The molecule has 0 unspecified atom stereocenters. The number of benzene rings is 2. The molecule has 1 amide bonds. The number of hydrogen-bond acceptors (Lipinski definition) is 2. The molecule has 2 aromatic carbocycles. The highest BCUT2D eigenvalue weighted by atomic mass is 19.1. The van der Waals surface area contributed by atoms with Crippen molar-refractivity contribution in [3.63, 3.8) is 0 Å². The largest absolute Gasteiger partial charge is 0.322 e. The monoisotopic (exact) mass is 313 g/mol. The first-order valence-corrected chi connectivity index (χ1v) is 6.89. The van der Waals surface area contributed by atoms with Crippen LogP contribution in [0.1, 0.15) is 10.4 Å². The van der Waals surface area contributed by atoms with Gasteiger partial charge >= 0.3 is 0 Å². The van der Waals surface area contributed by atoms with Crippen LogP contribution in [0.5, 0.6) is 0 Å². The second kappa shape index (κ2) is 6.00. The van der Waals surface area contributed by atoms with E-state index >= 15 is 0 Å². The minimum absolute atomic E-state index is 0.0831. The van der Waals surface area contributed by atoms with E-state index < -0.39 is 17.5 Å². The van der Waals surface area contributed by atoms with Crippen molar-refractivity contribution in [3.8, 4) is 11.3 Å². The van der Waals surface area contributed by atoms with E-state index in [1.807, 2.05) is 0 Å². The van der Waals surface area contributed by atoms with Crippen LogP contribution in [0.2, 0.25) is 0 Å². The van der Waals surface area contributed by atoms with Crippen molar-refractivity contribution in [1.29, 1.82) is 0 Å². The van der Waals surface area contributed by atoms with Crippen molar-refractivity contribution in [2.45, 2.75) is 0 Å². The smallest absolute Gasteiger partial charge is 0.258 e. The van der Waals surface area contributed by atoms with Crippen LogP contribution < -0.4 is 5.32 Å². The van der Waals surface area contributed by atoms with E-state index in [1.165, 1.54) is 36.4 Å². The molecule has 23 heavy (non-hydrogen) atoms. The van der Waals surface area contributed by atoms with E-state index in [4.69, 9.17) is 0 Å². The van der Waals surface area contributed by atoms with Crippen molar-refractivity contribution in [3.05, 3.63) is 71.9 Å². The molecule has 1 N–H and O–H groups in total. The molecular weight excluding hydrogens is 300 g/mol. The van der Waals surface area contributed by atoms with Crippen molar-refractivity contribution in [2.24, 2.45) is 7.05 Å². The lowest BCUT2D eigenvalue weighted by Gasteiger charge is -2.08. The van der Waals surface area contributed by atoms with Crippen molar-refractivity contribution in [2.75, 3.05) is 5.32 Å². The highest BCUT2D eigenvalue weighted by Crippen LogP contribution is 2.22. The van der Waals surface area contributed by atoms with Crippen LogP contribution in [0.4, 0.5) is 14.5 Å². The lowest BCUT2D eigenvalue weighted by Crippen LogP contribution is -2.13. The Hall–Kier alpha value is -3.02. The molecule has 1 heterocycles. The van der Waals surface area contributed by atoms with Crippen molar-refractivity contribution < 1.29 is 13.6 Å². The normalized spacial score (nSPS) is 10.6. The topological polar surface area (TPSA) is 46.9 Å². The maximum absolute atomic E-state index is 14.2. The first-order valence-electron chi connectivity index (χ1n) is 6.89. The van der Waals surface area contributed by atoms with Crippen LogP contribution in [0.3, 0.4) is 0 Å². The third kappa shape index (κ3) is 3.11. The van der Waals surface area contributed by atoms with Gasteiger partial charge in [-0.15, -0.1) is 0 Å². The van der Waals surface area contributed by atoms with Gasteiger partial charge in [-0.3, -0.25) is 9.48 Å². The molecule has 3 rings (SSSR count). The zero-order valence-corrected chi connectivity index (χ0v) is 12.3. The molecule has 0 aliphatic rings. The summed E-state index contributed by atoms with van der Waals surface area (Å²) in [6.07, 6.45) is 1.61. The molecule has 0 bridgehead atoms. The Morgan fingerprint density at radius 1 is 1.09 bits per heavy atom. The molecule has 0 fully saturated rings. The van der Waals surface area contributed by atoms with E-state index in [1.54, 1.807) is 30.1 Å². The minimum atomic E-state index is -0.636. The average molecular weight is 313 g/mol. The summed E-state index contributed by atoms with van der Waals surface area (Å²) in [5.74, 6) is -1.64. The van der Waals surface area contributed by atoms with Gasteiger partial charge in [-0.05, 0) is 42.5 Å². The van der Waals surface area contributed by atoms with E-state index in [0.29, 0.717) is 11.3 Å². The summed E-state index contributed by atoms with van der Waals surface area (Å²) in [4.78, 5) is 12.1. The SMILES string of the molecule is Cn1nccc1-c1ccc(C(=O)Nc2ccc(F)cc2)c(F)c1. The van der Waals surface area contributed by atoms with Crippen LogP contribution >= 0.6 is 0 Å². The van der Waals surface area contributed by atoms with Gasteiger partial charge < -0.3 is 5.32 Å². The number of anilines is 1. The molecule has 0 atom stereocenters. The summed E-state index contributed by atoms with van der Waals surface area (Å²) < 4.78 is 28.7. The number of carbonyl (C=O) groups is 1. The van der Waals surface area contributed by atoms with Crippen LogP contribution in [0, 0.1) is 11.6 Å². The molecule has 4 nitrogen and oxygen atoms in total. The van der Waals surface area contributed by atoms with Gasteiger partial charge in [0.2, 0.25) is 0 Å². The zero-order chi connectivity index (χ0) is 16.4. The number of rotatable bonds is 3. The molecule has 3 aromatic rings. The van der Waals surface area contributed by atoms with E-state index in [2.05, 4.69) is 10.4 Å². The third-order valence-electron chi connectivity index (χ3n) is 3.43. The number of hydrogen-bond donors (Lipinski definition) is 1. The summed E-state index contributed by atoms with van der Waals surface area (Å²) in [6, 6.07) is 11.4. The van der Waals surface area contributed by atoms with E-state index in [0.717, 1.165) is 5.69 Å². The molecule has 0 aliphatic carbocycles. The Kier molecular flexibility index (Phi) is 3.89. The van der Waals surface area contributed by atoms with E-state index in [-0.39, 0.29) is 5.56 Å². The number of nitrogens with one attached hydrogen (secondary N) is 1. The van der Waals surface area contributed by atoms with Gasteiger partial charge in [0.05, 0.1) is 11.3 Å². The van der Waals surface area contributed by atoms with Gasteiger partial charge in [-0.2, -0.15) is 5.10 Å². The summed E-state index contributed by atoms with van der Waals surface area (Å²) >= 11 is 0. The number of aryl methyl sites for hydroxylation is 1. The predicted molar refractivity (Wildman–Crippen MR) is 83.0 cm³/mol. The standard InChI is InChI=1S/C17H13F2N3O/c1-22-16(8-9-20-22)11-2-7-14(15(19)10-11)17(23)21-13-5-3-12(18)4-6-13/h2-10H,1H3,(H,21,23). The van der Waals surface area contributed by atoms with Gasteiger partial charge in [0.15, 0.2) is 0 Å². The molecule has 1 aromatic heterocycles. The molecule has 6 heteroatoms. The summed E-state index contributed by atoms with van der Waals surface area (Å²) in [6.45, 7) is 0. The van der Waals surface area contributed by atoms with Crippen LogP contribution in [-0.2, 0) is 7.05 Å². The minimum Gasteiger partial charge on any atom is -0.322 e. The highest BCUT2D eigenvalue weighted by Gasteiger charge is 2.14. The fourth-order valence-corrected chi connectivity index (χ4v) is 2.25. The first kappa shape index (κ1) is 14.9. The number of nitrogens with zero attached hydrogens (tertiary/aromatic N) is 2. The average Bonchev–Trinajstić information content (AvgIpc) is 2.95. The maximum atomic E-state index is 14.2. The highest BCUT2D eigenvalue weighted by molar-refractivity contribution is 6.04. The molecule has 0 aliphatic heterocycles. The second-order valence-corrected chi connectivity index (χ2v) is 5.00. The summed E-state index contributed by atoms with van der Waals surface area (Å²) in [5, 5.41) is 6.56. The molecule has 0 spiro atoms. The maximum Gasteiger partial charge on any atom is 0.258 e. The first-order chi connectivity index (χ1) is 11.0. The van der Waals surface area contributed by atoms with Crippen molar-refractivity contribution >= 4 is 11.6 Å². The Morgan fingerprint density at radius 2 is 1.83 bits per heavy atom. The van der Waals surface area contributed by atoms with Crippen LogP contribution in [-0.4, -0.2) is 15.7 Å². The molecule has 0 saturated carbocycles. The molecule has 116 valence electrons.